The summed E-state index contributed by atoms with van der Waals surface area (Å²) in [5.41, 5.74) is 0. The molecule has 0 unspecified atom stereocenters. The Balaban J connectivity index is -0.0000000995. The summed E-state index contributed by atoms with van der Waals surface area (Å²) in [4.78, 5) is 19.0. The topological polar surface area (TPSA) is 136 Å². The van der Waals surface area contributed by atoms with Crippen LogP contribution >= 0.6 is 0 Å². The first-order valence-electron chi connectivity index (χ1n) is 16.4. The minimum atomic E-state index is -2.92. The van der Waals surface area contributed by atoms with Gasteiger partial charge in [0, 0.05) is 0 Å². The number of esters is 1. The van der Waals surface area contributed by atoms with E-state index in [2.05, 4.69) is 116 Å². The second-order valence-electron chi connectivity index (χ2n) is 11.4. The summed E-state index contributed by atoms with van der Waals surface area (Å²) >= 11 is 0. The number of alkyl halides is 1. The summed E-state index contributed by atoms with van der Waals surface area (Å²) in [6.07, 6.45) is 0. The lowest BCUT2D eigenvalue weighted by molar-refractivity contribution is -0.904. The van der Waals surface area contributed by atoms with Crippen LogP contribution in [0.25, 0.3) is 0 Å². The fourth-order valence-corrected chi connectivity index (χ4v) is 2.79. The highest BCUT2D eigenvalue weighted by Crippen LogP contribution is 1.99. The van der Waals surface area contributed by atoms with Crippen LogP contribution in [0.1, 0.15) is 83.1 Å². The van der Waals surface area contributed by atoms with Crippen molar-refractivity contribution in [1.29, 1.82) is 0 Å². The Morgan fingerprint density at radius 1 is 0.500 bits per heavy atom. The number of ether oxygens (including phenoxy) is 1. The number of carboxylic acids is 1. The number of carboxylic acid groups (broad SMARTS) is 1. The van der Waals surface area contributed by atoms with Crippen LogP contribution in [-0.2, 0) is 14.3 Å². The van der Waals surface area contributed by atoms with Gasteiger partial charge in [0.25, 0.3) is 0 Å². The molecule has 0 aromatic carbocycles. The molecule has 13 heteroatoms. The maximum absolute atomic E-state index is 10.9. The second-order valence-corrected chi connectivity index (χ2v) is 11.4. The van der Waals surface area contributed by atoms with E-state index in [-0.39, 0.29) is 0 Å². The van der Waals surface area contributed by atoms with E-state index >= 15 is 0 Å². The molecule has 0 aliphatic rings. The Kier molecular flexibility index (Phi) is 41.4. The van der Waals surface area contributed by atoms with Crippen LogP contribution in [0.2, 0.25) is 0 Å². The fraction of sp³-hybridized carbons (Fsp3) is 0.935. The molecule has 0 radical (unpaired) electrons. The molecule has 0 N–H and O–H groups in total. The van der Waals surface area contributed by atoms with Crippen LogP contribution in [0.5, 0.6) is 0 Å². The average molecular weight is 645 g/mol. The van der Waals surface area contributed by atoms with Crippen molar-refractivity contribution < 1.29 is 56.8 Å². The van der Waals surface area contributed by atoms with Gasteiger partial charge < -0.3 is 47.6 Å². The van der Waals surface area contributed by atoms with Crippen LogP contribution < -0.4 is 20.2 Å². The van der Waals surface area contributed by atoms with E-state index in [9.17, 15) is 19.1 Å². The minimum absolute atomic E-state index is 1.21. The van der Waals surface area contributed by atoms with E-state index in [1.165, 1.54) is 96.5 Å². The molecule has 0 aliphatic carbocycles. The molecule has 0 heterocycles. The van der Waals surface area contributed by atoms with Crippen molar-refractivity contribution in [1.82, 2.24) is 0 Å². The van der Waals surface area contributed by atoms with Gasteiger partial charge in [0.15, 0.2) is 5.97 Å². The molecule has 0 aliphatic heterocycles. The molecule has 0 saturated carbocycles. The fourth-order valence-electron chi connectivity index (χ4n) is 2.79. The molecule has 0 saturated heterocycles. The quantitative estimate of drug-likeness (QED) is 0.121. The van der Waals surface area contributed by atoms with Gasteiger partial charge in [0.05, 0.1) is 107 Å². The number of nitrogens with zero attached hydrogens (tertiary/aromatic N) is 4. The average Bonchev–Trinajstić information content (AvgIpc) is 3.04. The van der Waals surface area contributed by atoms with Crippen molar-refractivity contribution in [2.24, 2.45) is 0 Å². The number of aliphatic carboxylic acids is 1. The van der Waals surface area contributed by atoms with E-state index in [0.717, 1.165) is 0 Å². The molecule has 0 bridgehead atoms. The number of carbonyl (C=O) groups is 2. The molecule has 0 amide bonds. The molecule has 0 spiro atoms. The normalized spacial score (nSPS) is 10.8. The van der Waals surface area contributed by atoms with Crippen molar-refractivity contribution in [3.05, 3.63) is 0 Å². The number of halogens is 1. The van der Waals surface area contributed by atoms with Gasteiger partial charge in [-0.15, -0.1) is 0 Å². The van der Waals surface area contributed by atoms with Crippen molar-refractivity contribution in [2.75, 3.05) is 114 Å². The highest BCUT2D eigenvalue weighted by molar-refractivity contribution is 6.27. The molecule has 0 atom stereocenters. The van der Waals surface area contributed by atoms with Crippen LogP contribution in [-0.4, -0.2) is 151 Å². The van der Waals surface area contributed by atoms with Gasteiger partial charge in [-0.1, -0.05) is 0 Å². The molecule has 0 fully saturated rings. The van der Waals surface area contributed by atoms with E-state index in [4.69, 9.17) is 15.1 Å². The third-order valence-electron chi connectivity index (χ3n) is 9.51. The number of rotatable bonds is 13. The zero-order chi connectivity index (χ0) is 36.6. The predicted molar refractivity (Wildman–Crippen MR) is 174 cm³/mol. The highest BCUT2D eigenvalue weighted by Gasteiger charge is 2.13. The Bertz CT molecular complexity index is 524. The second kappa shape index (κ2) is 33.0. The lowest BCUT2D eigenvalue weighted by Crippen LogP contribution is -2.56. The van der Waals surface area contributed by atoms with Gasteiger partial charge in [0.2, 0.25) is 6.86 Å². The van der Waals surface area contributed by atoms with Crippen molar-refractivity contribution >= 4 is 19.3 Å². The third kappa shape index (κ3) is 36.8. The summed E-state index contributed by atoms with van der Waals surface area (Å²) in [6.45, 7) is 40.6. The summed E-state index contributed by atoms with van der Waals surface area (Å²) < 4.78 is 19.0. The number of hydrogen-bond donors (Lipinski definition) is 0. The Morgan fingerprint density at radius 3 is 0.659 bits per heavy atom. The van der Waals surface area contributed by atoms with Gasteiger partial charge in [-0.25, -0.2) is 9.18 Å². The maximum Gasteiger partial charge on any atom is 0.356 e. The predicted octanol–water partition coefficient (Wildman–Crippen LogP) is 0.230. The van der Waals surface area contributed by atoms with Crippen LogP contribution in [0.15, 0.2) is 0 Å². The first-order chi connectivity index (χ1) is 20.1. The van der Waals surface area contributed by atoms with Crippen LogP contribution in [0, 0.1) is 0 Å². The van der Waals surface area contributed by atoms with E-state index in [0.29, 0.717) is 0 Å². The standard InChI is InChI=1S/4C7H18N.C3H3FO4.BO3/c4*1-5-8(4,6-2)7-3;4-1-8-3(7)2(5)6;2-1(3)4/h4*5-7H2,1-4H3;1H2,(H,5,6);/q4*+1;;-3/p-1. The van der Waals surface area contributed by atoms with E-state index < -0.39 is 26.1 Å². The summed E-state index contributed by atoms with van der Waals surface area (Å²) in [5, 5.41) is 34.6. The monoisotopic (exact) mass is 645 g/mol. The summed E-state index contributed by atoms with van der Waals surface area (Å²) in [7, 11) is 6.25. The molecule has 11 nitrogen and oxygen atoms in total. The third-order valence-corrected chi connectivity index (χ3v) is 9.51. The molecule has 270 valence electrons. The largest absolute Gasteiger partial charge is 0.907 e. The smallest absolute Gasteiger partial charge is 0.356 e. The zero-order valence-corrected chi connectivity index (χ0v) is 31.8. The van der Waals surface area contributed by atoms with Gasteiger partial charge >= 0.3 is 5.97 Å². The first-order valence-corrected chi connectivity index (χ1v) is 16.4. The maximum atomic E-state index is 10.9. The summed E-state index contributed by atoms with van der Waals surface area (Å²) in [5.74, 6) is -3.73. The van der Waals surface area contributed by atoms with Gasteiger partial charge in [0.1, 0.15) is 0 Å². The Morgan fingerprint density at radius 2 is 0.636 bits per heavy atom. The van der Waals surface area contributed by atoms with Crippen LogP contribution in [0.4, 0.5) is 4.39 Å². The van der Waals surface area contributed by atoms with Gasteiger partial charge in [-0.2, -0.15) is 0 Å². The first kappa shape index (κ1) is 55.1. The van der Waals surface area contributed by atoms with Crippen molar-refractivity contribution in [3.8, 4) is 0 Å². The molecule has 0 aromatic rings. The Labute approximate surface area is 272 Å². The lowest BCUT2D eigenvalue weighted by atomic mass is 10.3. The SMILES string of the molecule is CC[N+](C)(CC)CC.CC[N+](C)(CC)CC.CC[N+](C)(CC)CC.CC[N+](C)(CC)CC.O=C([O-])C(=O)OCF.[O-]B([O-])[O-]. The van der Waals surface area contributed by atoms with Gasteiger partial charge in [-0.3, -0.25) is 7.32 Å². The van der Waals surface area contributed by atoms with E-state index in [1.54, 1.807) is 0 Å². The molecular formula is C31H74BFN4O7. The van der Waals surface area contributed by atoms with E-state index in [1.807, 2.05) is 0 Å². The minimum Gasteiger partial charge on any atom is -0.907 e. The lowest BCUT2D eigenvalue weighted by Gasteiger charge is -2.35. The number of hydrogen-bond acceptors (Lipinski definition) is 7. The molecular weight excluding hydrogens is 570 g/mol. The van der Waals surface area contributed by atoms with Crippen LogP contribution in [0.3, 0.4) is 0 Å². The highest BCUT2D eigenvalue weighted by atomic mass is 19.1. The molecule has 0 aromatic heterocycles. The van der Waals surface area contributed by atoms with Gasteiger partial charge in [-0.05, 0) is 83.1 Å². The summed E-state index contributed by atoms with van der Waals surface area (Å²) in [6, 6.07) is 0. The molecule has 44 heavy (non-hydrogen) atoms. The van der Waals surface area contributed by atoms with Crippen molar-refractivity contribution in [2.45, 2.75) is 83.1 Å². The number of quaternary nitrogens is 4. The number of carbonyl (C=O) groups excluding carboxylic acids is 2. The van der Waals surface area contributed by atoms with Crippen molar-refractivity contribution in [3.63, 3.8) is 0 Å². The zero-order valence-electron chi connectivity index (χ0n) is 31.8. The molecule has 0 rings (SSSR count). The Hall–Kier alpha value is -1.35.